The van der Waals surface area contributed by atoms with Gasteiger partial charge in [0.25, 0.3) is 0 Å². The molecule has 0 aliphatic heterocycles. The zero-order valence-corrected chi connectivity index (χ0v) is 13.1. The van der Waals surface area contributed by atoms with E-state index in [0.717, 1.165) is 43.1 Å². The number of anilines is 2. The number of aromatic nitrogens is 2. The predicted octanol–water partition coefficient (Wildman–Crippen LogP) is 3.73. The summed E-state index contributed by atoms with van der Waals surface area (Å²) in [5.74, 6) is 2.09. The van der Waals surface area contributed by atoms with Crippen molar-refractivity contribution in [3.05, 3.63) is 48.0 Å². The quantitative estimate of drug-likeness (QED) is 0.780. The van der Waals surface area contributed by atoms with E-state index in [9.17, 15) is 4.39 Å². The van der Waals surface area contributed by atoms with Crippen molar-refractivity contribution in [2.24, 2.45) is 5.92 Å². The first-order valence-electron chi connectivity index (χ1n) is 7.67. The number of hydrogen-bond acceptors (Lipinski definition) is 4. The van der Waals surface area contributed by atoms with Crippen molar-refractivity contribution in [2.45, 2.75) is 26.7 Å². The van der Waals surface area contributed by atoms with Gasteiger partial charge in [0.05, 0.1) is 0 Å². The number of rotatable bonds is 8. The van der Waals surface area contributed by atoms with E-state index in [-0.39, 0.29) is 5.82 Å². The highest BCUT2D eigenvalue weighted by Gasteiger charge is 2.00. The summed E-state index contributed by atoms with van der Waals surface area (Å²) in [7, 11) is 0. The standard InChI is InChI=1S/C17H23FN4/c1-13(2)7-9-19-16-11-17(22-12-21-16)20-10-8-14-3-5-15(18)6-4-14/h3-6,11-13H,7-10H2,1-2H3,(H2,19,20,21,22). The summed E-state index contributed by atoms with van der Waals surface area (Å²) >= 11 is 0. The van der Waals surface area contributed by atoms with Crippen LogP contribution < -0.4 is 10.6 Å². The number of benzene rings is 1. The fourth-order valence-corrected chi connectivity index (χ4v) is 2.03. The molecule has 1 aromatic heterocycles. The average Bonchev–Trinajstić information content (AvgIpc) is 2.49. The van der Waals surface area contributed by atoms with E-state index in [1.54, 1.807) is 18.5 Å². The summed E-state index contributed by atoms with van der Waals surface area (Å²) in [5.41, 5.74) is 1.10. The van der Waals surface area contributed by atoms with E-state index in [1.807, 2.05) is 6.07 Å². The number of nitrogens with zero attached hydrogens (tertiary/aromatic N) is 2. The molecule has 5 heteroatoms. The lowest BCUT2D eigenvalue weighted by molar-refractivity contribution is 0.606. The third kappa shape index (κ3) is 5.68. The molecule has 2 N–H and O–H groups in total. The molecule has 118 valence electrons. The summed E-state index contributed by atoms with van der Waals surface area (Å²) in [6, 6.07) is 8.48. The molecular formula is C17H23FN4. The maximum absolute atomic E-state index is 12.8. The average molecular weight is 302 g/mol. The van der Waals surface area contributed by atoms with E-state index in [0.29, 0.717) is 5.92 Å². The second kappa shape index (κ2) is 8.32. The highest BCUT2D eigenvalue weighted by atomic mass is 19.1. The van der Waals surface area contributed by atoms with Crippen LogP contribution in [0.15, 0.2) is 36.7 Å². The second-order valence-electron chi connectivity index (χ2n) is 5.70. The lowest BCUT2D eigenvalue weighted by Crippen LogP contribution is -2.09. The van der Waals surface area contributed by atoms with Crippen molar-refractivity contribution in [3.63, 3.8) is 0 Å². The first kappa shape index (κ1) is 16.2. The van der Waals surface area contributed by atoms with Crippen molar-refractivity contribution in [2.75, 3.05) is 23.7 Å². The van der Waals surface area contributed by atoms with Gasteiger partial charge in [-0.1, -0.05) is 26.0 Å². The van der Waals surface area contributed by atoms with Crippen LogP contribution in [0.25, 0.3) is 0 Å². The molecule has 1 heterocycles. The van der Waals surface area contributed by atoms with E-state index >= 15 is 0 Å². The fourth-order valence-electron chi connectivity index (χ4n) is 2.03. The van der Waals surface area contributed by atoms with Gasteiger partial charge in [0, 0.05) is 19.2 Å². The molecule has 0 aliphatic carbocycles. The van der Waals surface area contributed by atoms with Gasteiger partial charge in [0.1, 0.15) is 23.8 Å². The lowest BCUT2D eigenvalue weighted by atomic mass is 10.1. The van der Waals surface area contributed by atoms with Gasteiger partial charge in [-0.15, -0.1) is 0 Å². The molecule has 0 spiro atoms. The van der Waals surface area contributed by atoms with Crippen LogP contribution in [-0.2, 0) is 6.42 Å². The van der Waals surface area contributed by atoms with Crippen LogP contribution >= 0.6 is 0 Å². The van der Waals surface area contributed by atoms with Gasteiger partial charge in [-0.25, -0.2) is 14.4 Å². The highest BCUT2D eigenvalue weighted by molar-refractivity contribution is 5.46. The van der Waals surface area contributed by atoms with E-state index in [1.165, 1.54) is 12.1 Å². The molecule has 0 amide bonds. The Morgan fingerprint density at radius 1 is 1.00 bits per heavy atom. The topological polar surface area (TPSA) is 49.8 Å². The summed E-state index contributed by atoms with van der Waals surface area (Å²) in [5, 5.41) is 6.56. The van der Waals surface area contributed by atoms with Crippen molar-refractivity contribution in [3.8, 4) is 0 Å². The number of hydrogen-bond donors (Lipinski definition) is 2. The van der Waals surface area contributed by atoms with Crippen LogP contribution in [0.2, 0.25) is 0 Å². The van der Waals surface area contributed by atoms with Gasteiger partial charge in [-0.2, -0.15) is 0 Å². The van der Waals surface area contributed by atoms with Gasteiger partial charge >= 0.3 is 0 Å². The van der Waals surface area contributed by atoms with Gasteiger partial charge in [0.15, 0.2) is 0 Å². The molecule has 2 aromatic rings. The van der Waals surface area contributed by atoms with Gasteiger partial charge < -0.3 is 10.6 Å². The molecule has 0 saturated heterocycles. The smallest absolute Gasteiger partial charge is 0.131 e. The highest BCUT2D eigenvalue weighted by Crippen LogP contribution is 2.10. The largest absolute Gasteiger partial charge is 0.370 e. The first-order valence-corrected chi connectivity index (χ1v) is 7.67. The van der Waals surface area contributed by atoms with Gasteiger partial charge in [0.2, 0.25) is 0 Å². The Labute approximate surface area is 131 Å². The third-order valence-corrected chi connectivity index (χ3v) is 3.33. The monoisotopic (exact) mass is 302 g/mol. The molecular weight excluding hydrogens is 279 g/mol. The number of halogens is 1. The third-order valence-electron chi connectivity index (χ3n) is 3.33. The Morgan fingerprint density at radius 3 is 2.27 bits per heavy atom. The minimum atomic E-state index is -0.204. The van der Waals surface area contributed by atoms with Crippen LogP contribution in [0.4, 0.5) is 16.0 Å². The zero-order valence-electron chi connectivity index (χ0n) is 13.1. The normalized spacial score (nSPS) is 10.7. The number of nitrogens with one attached hydrogen (secondary N) is 2. The molecule has 1 aromatic carbocycles. The minimum Gasteiger partial charge on any atom is -0.370 e. The molecule has 0 bridgehead atoms. The van der Waals surface area contributed by atoms with Crippen LogP contribution in [0.3, 0.4) is 0 Å². The molecule has 0 aliphatic rings. The van der Waals surface area contributed by atoms with Crippen molar-refractivity contribution in [1.82, 2.24) is 9.97 Å². The van der Waals surface area contributed by atoms with Crippen LogP contribution in [0, 0.1) is 11.7 Å². The fraction of sp³-hybridized carbons (Fsp3) is 0.412. The Morgan fingerprint density at radius 2 is 1.64 bits per heavy atom. The molecule has 22 heavy (non-hydrogen) atoms. The van der Waals surface area contributed by atoms with E-state index < -0.39 is 0 Å². The van der Waals surface area contributed by atoms with Crippen LogP contribution in [0.5, 0.6) is 0 Å². The zero-order chi connectivity index (χ0) is 15.8. The second-order valence-corrected chi connectivity index (χ2v) is 5.70. The Bertz CT molecular complexity index is 569. The molecule has 0 atom stereocenters. The Kier molecular flexibility index (Phi) is 6.13. The summed E-state index contributed by atoms with van der Waals surface area (Å²) in [6.07, 6.45) is 3.48. The predicted molar refractivity (Wildman–Crippen MR) is 88.6 cm³/mol. The summed E-state index contributed by atoms with van der Waals surface area (Å²) in [6.45, 7) is 6.05. The maximum Gasteiger partial charge on any atom is 0.131 e. The molecule has 2 rings (SSSR count). The summed E-state index contributed by atoms with van der Waals surface area (Å²) < 4.78 is 12.8. The lowest BCUT2D eigenvalue weighted by Gasteiger charge is -2.09. The molecule has 0 unspecified atom stereocenters. The molecule has 4 nitrogen and oxygen atoms in total. The van der Waals surface area contributed by atoms with Crippen LogP contribution in [-0.4, -0.2) is 23.1 Å². The van der Waals surface area contributed by atoms with Crippen LogP contribution in [0.1, 0.15) is 25.8 Å². The first-order chi connectivity index (χ1) is 10.6. The van der Waals surface area contributed by atoms with Crippen molar-refractivity contribution >= 4 is 11.6 Å². The molecule has 0 radical (unpaired) electrons. The Balaban J connectivity index is 1.78. The SMILES string of the molecule is CC(C)CCNc1cc(NCCc2ccc(F)cc2)ncn1. The van der Waals surface area contributed by atoms with E-state index in [4.69, 9.17) is 0 Å². The van der Waals surface area contributed by atoms with Crippen molar-refractivity contribution < 1.29 is 4.39 Å². The van der Waals surface area contributed by atoms with Crippen molar-refractivity contribution in [1.29, 1.82) is 0 Å². The van der Waals surface area contributed by atoms with Gasteiger partial charge in [-0.05, 0) is 36.5 Å². The van der Waals surface area contributed by atoms with E-state index in [2.05, 4.69) is 34.4 Å². The Hall–Kier alpha value is -2.17. The minimum absolute atomic E-state index is 0.204. The molecule has 0 saturated carbocycles. The maximum atomic E-state index is 12.8. The van der Waals surface area contributed by atoms with Gasteiger partial charge in [-0.3, -0.25) is 0 Å². The summed E-state index contributed by atoms with van der Waals surface area (Å²) in [4.78, 5) is 8.41. The molecule has 0 fully saturated rings.